The zero-order valence-corrected chi connectivity index (χ0v) is 12.8. The molecule has 8 heteroatoms. The zero-order valence-electron chi connectivity index (χ0n) is 12.8. The molecule has 0 radical (unpaired) electrons. The summed E-state index contributed by atoms with van der Waals surface area (Å²) < 4.78 is 0. The maximum absolute atomic E-state index is 11.9. The molecule has 0 fully saturated rings. The number of aromatic nitrogens is 2. The quantitative estimate of drug-likeness (QED) is 0.695. The molecular weight excluding hydrogens is 296 g/mol. The van der Waals surface area contributed by atoms with Crippen molar-refractivity contribution in [1.82, 2.24) is 15.3 Å². The molecule has 1 aromatic carbocycles. The predicted octanol–water partition coefficient (Wildman–Crippen LogP) is 2.65. The van der Waals surface area contributed by atoms with Crippen molar-refractivity contribution >= 4 is 29.5 Å². The highest BCUT2D eigenvalue weighted by Crippen LogP contribution is 2.08. The van der Waals surface area contributed by atoms with Gasteiger partial charge in [0.2, 0.25) is 5.95 Å². The SMILES string of the molecule is CC(C)NC(=O)Nc1nccc(NC(=O)Nc2ccccc2)n1. The van der Waals surface area contributed by atoms with E-state index in [0.717, 1.165) is 0 Å². The minimum Gasteiger partial charge on any atom is -0.336 e. The Hall–Kier alpha value is -3.16. The summed E-state index contributed by atoms with van der Waals surface area (Å²) in [6.07, 6.45) is 1.44. The first kappa shape index (κ1) is 16.2. The van der Waals surface area contributed by atoms with E-state index >= 15 is 0 Å². The number of nitrogens with one attached hydrogen (secondary N) is 4. The fourth-order valence-corrected chi connectivity index (χ4v) is 1.69. The molecule has 0 aliphatic heterocycles. The van der Waals surface area contributed by atoms with Crippen LogP contribution in [0.4, 0.5) is 27.0 Å². The molecule has 0 atom stereocenters. The van der Waals surface area contributed by atoms with Crippen LogP contribution in [-0.4, -0.2) is 28.1 Å². The Morgan fingerprint density at radius 1 is 0.957 bits per heavy atom. The third-order valence-electron chi connectivity index (χ3n) is 2.57. The highest BCUT2D eigenvalue weighted by atomic mass is 16.2. The number of hydrogen-bond donors (Lipinski definition) is 4. The molecule has 0 saturated heterocycles. The first-order chi connectivity index (χ1) is 11.0. The average Bonchev–Trinajstić information content (AvgIpc) is 2.47. The third-order valence-corrected chi connectivity index (χ3v) is 2.57. The van der Waals surface area contributed by atoms with Gasteiger partial charge in [-0.1, -0.05) is 18.2 Å². The Balaban J connectivity index is 1.94. The molecule has 1 aromatic heterocycles. The Morgan fingerprint density at radius 3 is 2.39 bits per heavy atom. The summed E-state index contributed by atoms with van der Waals surface area (Å²) in [4.78, 5) is 31.4. The lowest BCUT2D eigenvalue weighted by Gasteiger charge is -2.10. The van der Waals surface area contributed by atoms with E-state index in [-0.39, 0.29) is 17.8 Å². The van der Waals surface area contributed by atoms with Crippen LogP contribution < -0.4 is 21.3 Å². The van der Waals surface area contributed by atoms with E-state index in [1.54, 1.807) is 12.1 Å². The fraction of sp³-hybridized carbons (Fsp3) is 0.200. The number of benzene rings is 1. The molecule has 0 unspecified atom stereocenters. The Morgan fingerprint density at radius 2 is 1.70 bits per heavy atom. The summed E-state index contributed by atoms with van der Waals surface area (Å²) in [5, 5.41) is 10.4. The summed E-state index contributed by atoms with van der Waals surface area (Å²) >= 11 is 0. The molecule has 0 saturated carbocycles. The van der Waals surface area contributed by atoms with Crippen LogP contribution in [0.25, 0.3) is 0 Å². The minimum absolute atomic E-state index is 0.00652. The summed E-state index contributed by atoms with van der Waals surface area (Å²) in [7, 11) is 0. The van der Waals surface area contributed by atoms with Gasteiger partial charge >= 0.3 is 12.1 Å². The lowest BCUT2D eigenvalue weighted by atomic mass is 10.3. The van der Waals surface area contributed by atoms with Crippen LogP contribution in [0.2, 0.25) is 0 Å². The van der Waals surface area contributed by atoms with Gasteiger partial charge in [-0.3, -0.25) is 10.6 Å². The first-order valence-corrected chi connectivity index (χ1v) is 7.06. The Labute approximate surface area is 133 Å². The van der Waals surface area contributed by atoms with Gasteiger partial charge in [0, 0.05) is 17.9 Å². The largest absolute Gasteiger partial charge is 0.336 e. The van der Waals surface area contributed by atoms with Gasteiger partial charge in [-0.2, -0.15) is 4.98 Å². The van der Waals surface area contributed by atoms with E-state index in [1.807, 2.05) is 32.0 Å². The second-order valence-corrected chi connectivity index (χ2v) is 4.96. The van der Waals surface area contributed by atoms with Gasteiger partial charge < -0.3 is 10.6 Å². The van der Waals surface area contributed by atoms with Crippen molar-refractivity contribution in [2.45, 2.75) is 19.9 Å². The molecule has 0 aliphatic rings. The van der Waals surface area contributed by atoms with Crippen LogP contribution in [0.5, 0.6) is 0 Å². The van der Waals surface area contributed by atoms with Gasteiger partial charge in [0.1, 0.15) is 5.82 Å². The molecule has 2 aromatic rings. The highest BCUT2D eigenvalue weighted by molar-refractivity contribution is 5.99. The van der Waals surface area contributed by atoms with Crippen molar-refractivity contribution in [3.63, 3.8) is 0 Å². The van der Waals surface area contributed by atoms with Crippen LogP contribution >= 0.6 is 0 Å². The summed E-state index contributed by atoms with van der Waals surface area (Å²) in [5.41, 5.74) is 0.661. The van der Waals surface area contributed by atoms with Crippen molar-refractivity contribution in [2.75, 3.05) is 16.0 Å². The number of hydrogen-bond acceptors (Lipinski definition) is 4. The van der Waals surface area contributed by atoms with Gasteiger partial charge in [0.25, 0.3) is 0 Å². The monoisotopic (exact) mass is 314 g/mol. The van der Waals surface area contributed by atoms with Crippen molar-refractivity contribution in [3.05, 3.63) is 42.6 Å². The summed E-state index contributed by atoms with van der Waals surface area (Å²) in [6, 6.07) is 9.69. The number of anilines is 3. The zero-order chi connectivity index (χ0) is 16.7. The predicted molar refractivity (Wildman–Crippen MR) is 88.4 cm³/mol. The van der Waals surface area contributed by atoms with Crippen LogP contribution in [-0.2, 0) is 0 Å². The molecule has 0 bridgehead atoms. The van der Waals surface area contributed by atoms with Crippen LogP contribution in [0.1, 0.15) is 13.8 Å². The van der Waals surface area contributed by atoms with E-state index < -0.39 is 12.1 Å². The van der Waals surface area contributed by atoms with Gasteiger partial charge in [-0.15, -0.1) is 0 Å². The van der Waals surface area contributed by atoms with Crippen LogP contribution in [0, 0.1) is 0 Å². The normalized spacial score (nSPS) is 10.0. The molecule has 23 heavy (non-hydrogen) atoms. The molecule has 8 nitrogen and oxygen atoms in total. The number of para-hydroxylation sites is 1. The first-order valence-electron chi connectivity index (χ1n) is 7.06. The number of rotatable bonds is 4. The van der Waals surface area contributed by atoms with E-state index in [9.17, 15) is 9.59 Å². The second kappa shape index (κ2) is 7.74. The summed E-state index contributed by atoms with van der Waals surface area (Å²) in [5.74, 6) is 0.369. The van der Waals surface area contributed by atoms with Crippen LogP contribution in [0.15, 0.2) is 42.6 Å². The molecule has 2 rings (SSSR count). The van der Waals surface area contributed by atoms with Crippen molar-refractivity contribution in [1.29, 1.82) is 0 Å². The molecular formula is C15H18N6O2. The topological polar surface area (TPSA) is 108 Å². The maximum atomic E-state index is 11.9. The van der Waals surface area contributed by atoms with Crippen molar-refractivity contribution in [3.8, 4) is 0 Å². The van der Waals surface area contributed by atoms with E-state index in [2.05, 4.69) is 31.2 Å². The molecule has 4 N–H and O–H groups in total. The fourth-order valence-electron chi connectivity index (χ4n) is 1.69. The van der Waals surface area contributed by atoms with Gasteiger partial charge in [0.05, 0.1) is 0 Å². The van der Waals surface area contributed by atoms with E-state index in [1.165, 1.54) is 12.3 Å². The van der Waals surface area contributed by atoms with E-state index in [4.69, 9.17) is 0 Å². The Kier molecular flexibility index (Phi) is 5.45. The maximum Gasteiger partial charge on any atom is 0.324 e. The Bertz CT molecular complexity index is 675. The molecule has 0 spiro atoms. The second-order valence-electron chi connectivity index (χ2n) is 4.96. The van der Waals surface area contributed by atoms with E-state index in [0.29, 0.717) is 5.69 Å². The van der Waals surface area contributed by atoms with Gasteiger partial charge in [-0.05, 0) is 32.0 Å². The van der Waals surface area contributed by atoms with Crippen LogP contribution in [0.3, 0.4) is 0 Å². The number of amides is 4. The lowest BCUT2D eigenvalue weighted by molar-refractivity contribution is 0.250. The smallest absolute Gasteiger partial charge is 0.324 e. The summed E-state index contributed by atoms with van der Waals surface area (Å²) in [6.45, 7) is 3.68. The highest BCUT2D eigenvalue weighted by Gasteiger charge is 2.08. The van der Waals surface area contributed by atoms with Gasteiger partial charge in [0.15, 0.2) is 0 Å². The minimum atomic E-state index is -0.438. The molecule has 0 aliphatic carbocycles. The molecule has 4 amide bonds. The number of urea groups is 2. The number of carbonyl (C=O) groups excluding carboxylic acids is 2. The number of nitrogens with zero attached hydrogens (tertiary/aromatic N) is 2. The van der Waals surface area contributed by atoms with Gasteiger partial charge in [-0.25, -0.2) is 14.6 Å². The van der Waals surface area contributed by atoms with Crippen molar-refractivity contribution in [2.24, 2.45) is 0 Å². The standard InChI is InChI=1S/C15H18N6O2/c1-10(2)17-14(22)21-13-16-9-8-12(19-13)20-15(23)18-11-6-4-3-5-7-11/h3-10H,1-2H3,(H4,16,17,18,19,20,21,22,23). The molecule has 1 heterocycles. The lowest BCUT2D eigenvalue weighted by Crippen LogP contribution is -2.34. The third kappa shape index (κ3) is 5.62. The molecule has 120 valence electrons. The average molecular weight is 314 g/mol. The number of carbonyl (C=O) groups is 2. The van der Waals surface area contributed by atoms with Crippen molar-refractivity contribution < 1.29 is 9.59 Å².